The quantitative estimate of drug-likeness (QED) is 0.308. The van der Waals surface area contributed by atoms with Gasteiger partial charge in [-0.2, -0.15) is 0 Å². The van der Waals surface area contributed by atoms with Crippen molar-refractivity contribution in [3.63, 3.8) is 0 Å². The van der Waals surface area contributed by atoms with Crippen LogP contribution in [0.3, 0.4) is 0 Å². The lowest BCUT2D eigenvalue weighted by atomic mass is 10.2. The van der Waals surface area contributed by atoms with E-state index >= 15 is 0 Å². The van der Waals surface area contributed by atoms with Gasteiger partial charge in [-0.25, -0.2) is 4.79 Å². The van der Waals surface area contributed by atoms with E-state index in [1.807, 2.05) is 6.92 Å². The molecule has 0 saturated carbocycles. The Labute approximate surface area is 142 Å². The zero-order valence-electron chi connectivity index (χ0n) is 14.0. The van der Waals surface area contributed by atoms with Crippen LogP contribution in [-0.2, 0) is 9.53 Å². The standard InChI is InChI=1S/C15H29NO4S2/c1-5-7-8-9-10-11-21-15(4,16-12(3)13(17)18)22-14(19)20-6-2/h12,16H,5-11H2,1-4H3,(H,17,18)/t12?,15-/m1/s1. The maximum atomic E-state index is 11.7. The van der Waals surface area contributed by atoms with Crippen LogP contribution in [0.15, 0.2) is 0 Å². The van der Waals surface area contributed by atoms with Crippen molar-refractivity contribution >= 4 is 34.8 Å². The highest BCUT2D eigenvalue weighted by atomic mass is 32.2. The summed E-state index contributed by atoms with van der Waals surface area (Å²) in [6.45, 7) is 7.67. The number of carbonyl (C=O) groups excluding carboxylic acids is 1. The minimum atomic E-state index is -0.931. The van der Waals surface area contributed by atoms with Crippen molar-refractivity contribution in [2.75, 3.05) is 12.4 Å². The number of hydrogen-bond donors (Lipinski definition) is 2. The molecule has 0 aliphatic rings. The van der Waals surface area contributed by atoms with Crippen LogP contribution >= 0.6 is 23.5 Å². The van der Waals surface area contributed by atoms with Crippen LogP contribution in [0.1, 0.15) is 59.8 Å². The predicted molar refractivity (Wildman–Crippen MR) is 94.5 cm³/mol. The smallest absolute Gasteiger partial charge is 0.369 e. The van der Waals surface area contributed by atoms with Crippen LogP contribution in [-0.4, -0.2) is 39.0 Å². The first-order valence-corrected chi connectivity index (χ1v) is 9.65. The van der Waals surface area contributed by atoms with Crippen LogP contribution in [0, 0.1) is 0 Å². The molecule has 0 heterocycles. The molecule has 2 N–H and O–H groups in total. The Morgan fingerprint density at radius 1 is 1.23 bits per heavy atom. The zero-order chi connectivity index (χ0) is 17.0. The predicted octanol–water partition coefficient (Wildman–Crippen LogP) is 4.32. The highest BCUT2D eigenvalue weighted by Crippen LogP contribution is 2.36. The van der Waals surface area contributed by atoms with Crippen molar-refractivity contribution < 1.29 is 19.4 Å². The second-order valence-corrected chi connectivity index (χ2v) is 8.32. The zero-order valence-corrected chi connectivity index (χ0v) is 15.6. The van der Waals surface area contributed by atoms with Gasteiger partial charge in [-0.1, -0.05) is 32.6 Å². The molecule has 0 aliphatic heterocycles. The van der Waals surface area contributed by atoms with E-state index < -0.39 is 16.2 Å². The van der Waals surface area contributed by atoms with E-state index in [1.165, 1.54) is 19.3 Å². The summed E-state index contributed by atoms with van der Waals surface area (Å²) < 4.78 is 4.26. The van der Waals surface area contributed by atoms with Crippen molar-refractivity contribution in [3.8, 4) is 0 Å². The molecule has 0 radical (unpaired) electrons. The number of unbranched alkanes of at least 4 members (excludes halogenated alkanes) is 4. The summed E-state index contributed by atoms with van der Waals surface area (Å²) in [5.74, 6) is -0.0504. The second kappa shape index (κ2) is 12.1. The van der Waals surface area contributed by atoms with E-state index in [9.17, 15) is 9.59 Å². The first-order valence-electron chi connectivity index (χ1n) is 7.84. The first kappa shape index (κ1) is 21.6. The number of carboxylic acid groups (broad SMARTS) is 1. The van der Waals surface area contributed by atoms with Gasteiger partial charge in [-0.3, -0.25) is 10.1 Å². The number of thioether (sulfide) groups is 2. The van der Waals surface area contributed by atoms with Crippen molar-refractivity contribution in [1.82, 2.24) is 5.32 Å². The molecule has 0 amide bonds. The molecule has 0 aliphatic carbocycles. The van der Waals surface area contributed by atoms with Crippen molar-refractivity contribution in [1.29, 1.82) is 0 Å². The van der Waals surface area contributed by atoms with Crippen LogP contribution in [0.5, 0.6) is 0 Å². The van der Waals surface area contributed by atoms with E-state index in [1.54, 1.807) is 25.6 Å². The molecule has 5 nitrogen and oxygen atoms in total. The summed E-state index contributed by atoms with van der Waals surface area (Å²) >= 11 is 2.58. The number of nitrogens with one attached hydrogen (secondary N) is 1. The fraction of sp³-hybridized carbons (Fsp3) is 0.867. The summed E-state index contributed by atoms with van der Waals surface area (Å²) in [5, 5.41) is 11.7. The van der Waals surface area contributed by atoms with Crippen molar-refractivity contribution in [3.05, 3.63) is 0 Å². The summed E-state index contributed by atoms with van der Waals surface area (Å²) in [4.78, 5) is 22.8. The van der Waals surface area contributed by atoms with Crippen LogP contribution in [0.25, 0.3) is 0 Å². The third-order valence-corrected chi connectivity index (χ3v) is 5.57. The molecule has 2 atom stereocenters. The normalized spacial score (nSPS) is 15.1. The van der Waals surface area contributed by atoms with Crippen LogP contribution < -0.4 is 5.32 Å². The molecular formula is C15H29NO4S2. The number of ether oxygens (including phenoxy) is 1. The number of hydrogen-bond acceptors (Lipinski definition) is 6. The van der Waals surface area contributed by atoms with Gasteiger partial charge in [-0.05, 0) is 44.7 Å². The third-order valence-electron chi connectivity index (χ3n) is 3.01. The van der Waals surface area contributed by atoms with Crippen molar-refractivity contribution in [2.24, 2.45) is 0 Å². The SMILES string of the molecule is CCCCCCCS[C@@](C)(NC(C)C(=O)O)SC(=O)OCC. The number of carboxylic acids is 1. The molecule has 0 saturated heterocycles. The van der Waals surface area contributed by atoms with Gasteiger partial charge in [0.1, 0.15) is 10.2 Å². The number of carbonyl (C=O) groups is 2. The fourth-order valence-corrected chi connectivity index (χ4v) is 4.25. The molecule has 0 spiro atoms. The van der Waals surface area contributed by atoms with E-state index in [4.69, 9.17) is 9.84 Å². The van der Waals surface area contributed by atoms with Gasteiger partial charge in [0, 0.05) is 0 Å². The van der Waals surface area contributed by atoms with E-state index in [0.717, 1.165) is 30.4 Å². The molecule has 22 heavy (non-hydrogen) atoms. The Kier molecular flexibility index (Phi) is 11.9. The van der Waals surface area contributed by atoms with Gasteiger partial charge >= 0.3 is 11.3 Å². The minimum Gasteiger partial charge on any atom is -0.480 e. The average Bonchev–Trinajstić information content (AvgIpc) is 2.42. The maximum Gasteiger partial charge on any atom is 0.369 e. The largest absolute Gasteiger partial charge is 0.480 e. The molecule has 1 unspecified atom stereocenters. The Morgan fingerprint density at radius 2 is 1.86 bits per heavy atom. The third kappa shape index (κ3) is 10.3. The molecule has 0 fully saturated rings. The highest BCUT2D eigenvalue weighted by Gasteiger charge is 2.32. The molecule has 0 rings (SSSR count). The maximum absolute atomic E-state index is 11.7. The number of aliphatic carboxylic acids is 1. The van der Waals surface area contributed by atoms with E-state index in [-0.39, 0.29) is 5.30 Å². The molecule has 0 aromatic rings. The minimum absolute atomic E-state index is 0.318. The Morgan fingerprint density at radius 3 is 2.41 bits per heavy atom. The summed E-state index contributed by atoms with van der Waals surface area (Å²) in [6, 6.07) is -0.723. The lowest BCUT2D eigenvalue weighted by molar-refractivity contribution is -0.139. The van der Waals surface area contributed by atoms with Gasteiger partial charge in [-0.15, -0.1) is 11.8 Å². The van der Waals surface area contributed by atoms with Crippen molar-refractivity contribution in [2.45, 2.75) is 70.0 Å². The number of rotatable bonds is 12. The molecular weight excluding hydrogens is 322 g/mol. The Hall–Kier alpha value is -0.400. The topological polar surface area (TPSA) is 75.6 Å². The van der Waals surface area contributed by atoms with E-state index in [0.29, 0.717) is 6.61 Å². The highest BCUT2D eigenvalue weighted by molar-refractivity contribution is 8.25. The van der Waals surface area contributed by atoms with Gasteiger partial charge in [0.05, 0.1) is 6.61 Å². The summed E-state index contributed by atoms with van der Waals surface area (Å²) in [6.07, 6.45) is 5.90. The summed E-state index contributed by atoms with van der Waals surface area (Å²) in [5.41, 5.74) is 0. The molecule has 0 bridgehead atoms. The second-order valence-electron chi connectivity index (χ2n) is 5.20. The monoisotopic (exact) mass is 351 g/mol. The molecule has 130 valence electrons. The van der Waals surface area contributed by atoms with Crippen LogP contribution in [0.4, 0.5) is 4.79 Å². The Bertz CT molecular complexity index is 342. The van der Waals surface area contributed by atoms with Gasteiger partial charge in [0.15, 0.2) is 0 Å². The van der Waals surface area contributed by atoms with Gasteiger partial charge in [0.25, 0.3) is 0 Å². The average molecular weight is 352 g/mol. The molecule has 7 heteroatoms. The van der Waals surface area contributed by atoms with Gasteiger partial charge < -0.3 is 9.84 Å². The first-order chi connectivity index (χ1) is 10.3. The Balaban J connectivity index is 4.43. The fourth-order valence-electron chi connectivity index (χ4n) is 1.83. The summed E-state index contributed by atoms with van der Waals surface area (Å²) in [7, 11) is 0. The lowest BCUT2D eigenvalue weighted by Gasteiger charge is -2.30. The van der Waals surface area contributed by atoms with E-state index in [2.05, 4.69) is 12.2 Å². The molecule has 0 aromatic heterocycles. The lowest BCUT2D eigenvalue weighted by Crippen LogP contribution is -2.46. The molecule has 0 aromatic carbocycles. The van der Waals surface area contributed by atoms with Crippen LogP contribution in [0.2, 0.25) is 0 Å². The van der Waals surface area contributed by atoms with Gasteiger partial charge in [0.2, 0.25) is 0 Å².